The molecule has 0 spiro atoms. The van der Waals surface area contributed by atoms with Crippen LogP contribution in [0.25, 0.3) is 11.1 Å². The normalized spacial score (nSPS) is 16.5. The van der Waals surface area contributed by atoms with Crippen molar-refractivity contribution < 1.29 is 9.90 Å². The van der Waals surface area contributed by atoms with Crippen LogP contribution in [0.5, 0.6) is 0 Å². The van der Waals surface area contributed by atoms with Gasteiger partial charge >= 0.3 is 6.03 Å². The van der Waals surface area contributed by atoms with Crippen LogP contribution in [0.3, 0.4) is 0 Å². The van der Waals surface area contributed by atoms with Gasteiger partial charge in [0.15, 0.2) is 0 Å². The molecule has 3 N–H and O–H groups in total. The van der Waals surface area contributed by atoms with Crippen LogP contribution in [0.4, 0.5) is 4.79 Å². The first-order valence-corrected chi connectivity index (χ1v) is 8.25. The summed E-state index contributed by atoms with van der Waals surface area (Å²) in [5.74, 6) is 0.377. The number of carbonyl (C=O) groups excluding carboxylic acids is 1. The molecule has 24 heavy (non-hydrogen) atoms. The standard InChI is InChI=1S/C18H24N4O2/c1-18(12-23,16-6-7-16)21-17(24)19-9-13-4-3-5-14(8-13)15-10-20-22(2)11-15/h3-5,8,10-11,16,23H,6-7,9,12H2,1-2H3,(H2,19,21,24). The minimum Gasteiger partial charge on any atom is -0.394 e. The van der Waals surface area contributed by atoms with Crippen LogP contribution in [-0.4, -0.2) is 33.1 Å². The molecule has 6 heteroatoms. The van der Waals surface area contributed by atoms with Crippen molar-refractivity contribution in [1.82, 2.24) is 20.4 Å². The molecule has 2 amide bonds. The van der Waals surface area contributed by atoms with Gasteiger partial charge in [0.1, 0.15) is 0 Å². The Balaban J connectivity index is 1.59. The lowest BCUT2D eigenvalue weighted by Gasteiger charge is -2.28. The van der Waals surface area contributed by atoms with E-state index in [4.69, 9.17) is 0 Å². The highest BCUT2D eigenvalue weighted by Gasteiger charge is 2.42. The molecule has 6 nitrogen and oxygen atoms in total. The molecule has 1 aliphatic carbocycles. The Bertz CT molecular complexity index is 723. The number of aromatic nitrogens is 2. The second kappa shape index (κ2) is 6.65. The fourth-order valence-corrected chi connectivity index (χ4v) is 2.91. The molecule has 0 aliphatic heterocycles. The fourth-order valence-electron chi connectivity index (χ4n) is 2.91. The topological polar surface area (TPSA) is 79.2 Å². The Morgan fingerprint density at radius 1 is 1.42 bits per heavy atom. The number of aryl methyl sites for hydroxylation is 1. The van der Waals surface area contributed by atoms with Gasteiger partial charge in [0, 0.05) is 25.4 Å². The molecule has 1 aromatic carbocycles. The summed E-state index contributed by atoms with van der Waals surface area (Å²) in [6.45, 7) is 2.29. The van der Waals surface area contributed by atoms with Gasteiger partial charge in [0.05, 0.1) is 18.3 Å². The van der Waals surface area contributed by atoms with Gasteiger partial charge in [-0.2, -0.15) is 5.10 Å². The van der Waals surface area contributed by atoms with E-state index in [0.29, 0.717) is 12.5 Å². The fraction of sp³-hybridized carbons (Fsp3) is 0.444. The molecule has 1 saturated carbocycles. The summed E-state index contributed by atoms with van der Waals surface area (Å²) in [6.07, 6.45) is 5.90. The number of nitrogens with one attached hydrogen (secondary N) is 2. The maximum Gasteiger partial charge on any atom is 0.315 e. The van der Waals surface area contributed by atoms with Crippen LogP contribution in [0.2, 0.25) is 0 Å². The summed E-state index contributed by atoms with van der Waals surface area (Å²) in [4.78, 5) is 12.1. The number of nitrogens with zero attached hydrogens (tertiary/aromatic N) is 2. The van der Waals surface area contributed by atoms with Gasteiger partial charge in [-0.25, -0.2) is 4.79 Å². The quantitative estimate of drug-likeness (QED) is 0.759. The number of aliphatic hydroxyl groups is 1. The van der Waals surface area contributed by atoms with Crippen LogP contribution in [0.1, 0.15) is 25.3 Å². The van der Waals surface area contributed by atoms with E-state index < -0.39 is 5.54 Å². The molecule has 2 aromatic rings. The summed E-state index contributed by atoms with van der Waals surface area (Å²) in [5.41, 5.74) is 2.61. The van der Waals surface area contributed by atoms with Gasteiger partial charge in [-0.1, -0.05) is 18.2 Å². The third-order valence-electron chi connectivity index (χ3n) is 4.62. The predicted octanol–water partition coefficient (Wildman–Crippen LogP) is 2.05. The maximum absolute atomic E-state index is 12.1. The third kappa shape index (κ3) is 3.76. The molecular formula is C18H24N4O2. The molecule has 0 saturated heterocycles. The van der Waals surface area contributed by atoms with Crippen molar-refractivity contribution in [2.24, 2.45) is 13.0 Å². The molecule has 0 bridgehead atoms. The third-order valence-corrected chi connectivity index (χ3v) is 4.62. The highest BCUT2D eigenvalue weighted by atomic mass is 16.3. The van der Waals surface area contributed by atoms with Crippen molar-refractivity contribution in [3.63, 3.8) is 0 Å². The van der Waals surface area contributed by atoms with Crippen molar-refractivity contribution >= 4 is 6.03 Å². The Labute approximate surface area is 141 Å². The van der Waals surface area contributed by atoms with Crippen molar-refractivity contribution in [2.75, 3.05) is 6.61 Å². The molecular weight excluding hydrogens is 304 g/mol. The predicted molar refractivity (Wildman–Crippen MR) is 92.2 cm³/mol. The summed E-state index contributed by atoms with van der Waals surface area (Å²) < 4.78 is 1.77. The molecule has 1 fully saturated rings. The molecule has 1 unspecified atom stereocenters. The highest BCUT2D eigenvalue weighted by molar-refractivity contribution is 5.75. The van der Waals surface area contributed by atoms with Crippen LogP contribution in [-0.2, 0) is 13.6 Å². The van der Waals surface area contributed by atoms with E-state index >= 15 is 0 Å². The second-order valence-electron chi connectivity index (χ2n) is 6.76. The smallest absolute Gasteiger partial charge is 0.315 e. The van der Waals surface area contributed by atoms with E-state index in [1.165, 1.54) is 0 Å². The van der Waals surface area contributed by atoms with Crippen LogP contribution < -0.4 is 10.6 Å². The van der Waals surface area contributed by atoms with Gasteiger partial charge in [0.25, 0.3) is 0 Å². The monoisotopic (exact) mass is 328 g/mol. The summed E-state index contributed by atoms with van der Waals surface area (Å²) in [5, 5.41) is 19.5. The first-order valence-electron chi connectivity index (χ1n) is 8.25. The van der Waals surface area contributed by atoms with Crippen LogP contribution in [0, 0.1) is 5.92 Å². The number of urea groups is 1. The van der Waals surface area contributed by atoms with Crippen molar-refractivity contribution in [1.29, 1.82) is 0 Å². The number of benzene rings is 1. The van der Waals surface area contributed by atoms with E-state index in [-0.39, 0.29) is 12.6 Å². The lowest BCUT2D eigenvalue weighted by Crippen LogP contribution is -2.53. The minimum atomic E-state index is -0.526. The molecule has 3 rings (SSSR count). The van der Waals surface area contributed by atoms with E-state index in [0.717, 1.165) is 29.5 Å². The van der Waals surface area contributed by atoms with Crippen LogP contribution in [0.15, 0.2) is 36.7 Å². The Morgan fingerprint density at radius 3 is 2.83 bits per heavy atom. The van der Waals surface area contributed by atoms with E-state index in [9.17, 15) is 9.90 Å². The lowest BCUT2D eigenvalue weighted by atomic mass is 9.97. The first-order chi connectivity index (χ1) is 11.5. The second-order valence-corrected chi connectivity index (χ2v) is 6.76. The first kappa shape index (κ1) is 16.5. The van der Waals surface area contributed by atoms with E-state index in [1.54, 1.807) is 4.68 Å². The maximum atomic E-state index is 12.1. The minimum absolute atomic E-state index is 0.0401. The highest BCUT2D eigenvalue weighted by Crippen LogP contribution is 2.39. The molecule has 1 aromatic heterocycles. The number of hydrogen-bond donors (Lipinski definition) is 3. The molecule has 1 heterocycles. The number of aliphatic hydroxyl groups excluding tert-OH is 1. The van der Waals surface area contributed by atoms with Gasteiger partial charge < -0.3 is 15.7 Å². The van der Waals surface area contributed by atoms with Gasteiger partial charge in [-0.3, -0.25) is 4.68 Å². The zero-order chi connectivity index (χ0) is 17.2. The molecule has 1 atom stereocenters. The van der Waals surface area contributed by atoms with Crippen LogP contribution >= 0.6 is 0 Å². The SMILES string of the molecule is Cn1cc(-c2cccc(CNC(=O)NC(C)(CO)C3CC3)c2)cn1. The molecule has 128 valence electrons. The largest absolute Gasteiger partial charge is 0.394 e. The number of hydrogen-bond acceptors (Lipinski definition) is 3. The van der Waals surface area contributed by atoms with Crippen molar-refractivity contribution in [2.45, 2.75) is 31.8 Å². The van der Waals surface area contributed by atoms with E-state index in [1.807, 2.05) is 50.6 Å². The van der Waals surface area contributed by atoms with Gasteiger partial charge in [-0.05, 0) is 42.9 Å². The molecule has 1 aliphatic rings. The number of carbonyl (C=O) groups is 1. The summed E-state index contributed by atoms with van der Waals surface area (Å²) in [7, 11) is 1.89. The Hall–Kier alpha value is -2.34. The zero-order valence-corrected chi connectivity index (χ0v) is 14.1. The Kier molecular flexibility index (Phi) is 4.57. The molecule has 0 radical (unpaired) electrons. The average Bonchev–Trinajstić information content (AvgIpc) is 3.35. The summed E-state index contributed by atoms with van der Waals surface area (Å²) in [6, 6.07) is 7.77. The van der Waals surface area contributed by atoms with Crippen molar-refractivity contribution in [3.05, 3.63) is 42.2 Å². The zero-order valence-electron chi connectivity index (χ0n) is 14.1. The van der Waals surface area contributed by atoms with Crippen molar-refractivity contribution in [3.8, 4) is 11.1 Å². The number of amides is 2. The number of rotatable bonds is 6. The Morgan fingerprint density at radius 2 is 2.21 bits per heavy atom. The van der Waals surface area contributed by atoms with E-state index in [2.05, 4.69) is 15.7 Å². The lowest BCUT2D eigenvalue weighted by molar-refractivity contribution is 0.155. The summed E-state index contributed by atoms with van der Waals surface area (Å²) >= 11 is 0. The average molecular weight is 328 g/mol. The van der Waals surface area contributed by atoms with Gasteiger partial charge in [0.2, 0.25) is 0 Å². The van der Waals surface area contributed by atoms with Gasteiger partial charge in [-0.15, -0.1) is 0 Å².